The van der Waals surface area contributed by atoms with Gasteiger partial charge in [-0.2, -0.15) is 13.2 Å². The molecule has 0 saturated carbocycles. The highest BCUT2D eigenvalue weighted by molar-refractivity contribution is 6.51. The van der Waals surface area contributed by atoms with E-state index in [2.05, 4.69) is 0 Å². The monoisotopic (exact) mass is 573 g/mol. The van der Waals surface area contributed by atoms with Crippen LogP contribution >= 0.6 is 0 Å². The minimum atomic E-state index is -4.67. The molecule has 1 fully saturated rings. The predicted molar refractivity (Wildman–Crippen MR) is 151 cm³/mol. The van der Waals surface area contributed by atoms with Crippen molar-refractivity contribution in [1.29, 1.82) is 0 Å². The highest BCUT2D eigenvalue weighted by Crippen LogP contribution is 2.44. The third-order valence-corrected chi connectivity index (χ3v) is 6.99. The third-order valence-electron chi connectivity index (χ3n) is 6.99. The van der Waals surface area contributed by atoms with Crippen molar-refractivity contribution in [3.05, 3.63) is 130 Å². The lowest BCUT2D eigenvalue weighted by Gasteiger charge is -2.26. The van der Waals surface area contributed by atoms with Crippen LogP contribution in [0.3, 0.4) is 0 Å². The molecule has 1 N–H and O–H groups in total. The number of aliphatic hydroxyl groups excluding tert-OH is 1. The summed E-state index contributed by atoms with van der Waals surface area (Å²) in [6, 6.07) is 23.8. The van der Waals surface area contributed by atoms with Crippen LogP contribution in [0.4, 0.5) is 18.9 Å². The van der Waals surface area contributed by atoms with Gasteiger partial charge in [0.25, 0.3) is 11.7 Å². The minimum absolute atomic E-state index is 0.139. The number of carbonyl (C=O) groups excluding carboxylic acids is 2. The summed E-state index contributed by atoms with van der Waals surface area (Å²) in [5, 5.41) is 11.5. The van der Waals surface area contributed by atoms with Crippen molar-refractivity contribution in [2.24, 2.45) is 0 Å². The normalized spacial score (nSPS) is 16.5. The Morgan fingerprint density at radius 1 is 0.905 bits per heavy atom. The zero-order valence-electron chi connectivity index (χ0n) is 22.7. The van der Waals surface area contributed by atoms with E-state index in [-0.39, 0.29) is 16.8 Å². The van der Waals surface area contributed by atoms with E-state index in [4.69, 9.17) is 9.47 Å². The molecule has 42 heavy (non-hydrogen) atoms. The summed E-state index contributed by atoms with van der Waals surface area (Å²) >= 11 is 0. The Hall–Kier alpha value is -5.05. The summed E-state index contributed by atoms with van der Waals surface area (Å²) in [6.45, 7) is 2.10. The Labute approximate surface area is 240 Å². The lowest BCUT2D eigenvalue weighted by atomic mass is 9.94. The number of halogens is 3. The average molecular weight is 574 g/mol. The number of aryl methyl sites for hydroxylation is 1. The maximum Gasteiger partial charge on any atom is 0.416 e. The molecule has 0 aliphatic carbocycles. The number of rotatable bonds is 7. The molecule has 5 rings (SSSR count). The summed E-state index contributed by atoms with van der Waals surface area (Å²) in [6.07, 6.45) is -4.67. The van der Waals surface area contributed by atoms with Gasteiger partial charge in [0.05, 0.1) is 24.3 Å². The molecule has 0 bridgehead atoms. The van der Waals surface area contributed by atoms with Crippen molar-refractivity contribution in [3.8, 4) is 11.5 Å². The number of carbonyl (C=O) groups is 2. The van der Waals surface area contributed by atoms with Gasteiger partial charge in [-0.05, 0) is 72.1 Å². The Balaban J connectivity index is 1.59. The Kier molecular flexibility index (Phi) is 7.76. The molecular formula is C33H26F3NO5. The number of amides is 1. The maximum atomic E-state index is 13.5. The number of hydrogen-bond acceptors (Lipinski definition) is 5. The van der Waals surface area contributed by atoms with Crippen molar-refractivity contribution in [3.63, 3.8) is 0 Å². The van der Waals surface area contributed by atoms with Gasteiger partial charge in [-0.1, -0.05) is 48.5 Å². The van der Waals surface area contributed by atoms with Gasteiger partial charge in [0.15, 0.2) is 0 Å². The van der Waals surface area contributed by atoms with Crippen LogP contribution in [-0.2, 0) is 22.4 Å². The van der Waals surface area contributed by atoms with Crippen molar-refractivity contribution in [2.45, 2.75) is 25.7 Å². The van der Waals surface area contributed by atoms with Crippen LogP contribution < -0.4 is 14.4 Å². The number of methoxy groups -OCH3 is 1. The smallest absolute Gasteiger partial charge is 0.416 e. The molecule has 1 atom stereocenters. The first kappa shape index (κ1) is 28.5. The van der Waals surface area contributed by atoms with Gasteiger partial charge in [-0.25, -0.2) is 0 Å². The summed E-state index contributed by atoms with van der Waals surface area (Å²) in [7, 11) is 1.44. The molecule has 9 heteroatoms. The molecule has 1 saturated heterocycles. The van der Waals surface area contributed by atoms with E-state index in [0.717, 1.165) is 28.7 Å². The van der Waals surface area contributed by atoms with Gasteiger partial charge in [0, 0.05) is 11.3 Å². The molecule has 1 heterocycles. The number of hydrogen-bond donors (Lipinski definition) is 1. The number of Topliss-reactive ketones (excluding diaryl/α,β-unsaturated/α-hetero) is 1. The van der Waals surface area contributed by atoms with Gasteiger partial charge in [0.2, 0.25) is 0 Å². The van der Waals surface area contributed by atoms with Crippen molar-refractivity contribution < 1.29 is 37.3 Å². The quantitative estimate of drug-likeness (QED) is 0.143. The van der Waals surface area contributed by atoms with E-state index in [1.165, 1.54) is 13.2 Å². The number of alkyl halides is 3. The molecule has 1 unspecified atom stereocenters. The molecule has 214 valence electrons. The van der Waals surface area contributed by atoms with E-state index >= 15 is 0 Å². The lowest BCUT2D eigenvalue weighted by Crippen LogP contribution is -2.29. The Bertz CT molecular complexity index is 1680. The van der Waals surface area contributed by atoms with Crippen LogP contribution in [0, 0.1) is 6.92 Å². The van der Waals surface area contributed by atoms with Crippen LogP contribution in [0.1, 0.15) is 33.9 Å². The fourth-order valence-corrected chi connectivity index (χ4v) is 4.91. The van der Waals surface area contributed by atoms with Crippen LogP contribution in [0.5, 0.6) is 11.5 Å². The zero-order valence-corrected chi connectivity index (χ0v) is 22.7. The van der Waals surface area contributed by atoms with Crippen LogP contribution in [-0.4, -0.2) is 23.9 Å². The highest BCUT2D eigenvalue weighted by Gasteiger charge is 2.47. The molecule has 4 aromatic carbocycles. The van der Waals surface area contributed by atoms with Gasteiger partial charge >= 0.3 is 6.18 Å². The van der Waals surface area contributed by atoms with E-state index in [9.17, 15) is 27.9 Å². The molecule has 1 aliphatic rings. The van der Waals surface area contributed by atoms with E-state index in [1.807, 2.05) is 30.3 Å². The van der Waals surface area contributed by atoms with E-state index < -0.39 is 35.2 Å². The number of nitrogens with zero attached hydrogens (tertiary/aromatic N) is 1. The summed E-state index contributed by atoms with van der Waals surface area (Å²) < 4.78 is 51.9. The molecule has 0 aromatic heterocycles. The largest absolute Gasteiger partial charge is 0.507 e. The first-order valence-electron chi connectivity index (χ1n) is 13.0. The fourth-order valence-electron chi connectivity index (χ4n) is 4.91. The van der Waals surface area contributed by atoms with Crippen LogP contribution in [0.2, 0.25) is 0 Å². The fraction of sp³-hybridized carbons (Fsp3) is 0.152. The molecule has 6 nitrogen and oxygen atoms in total. The van der Waals surface area contributed by atoms with E-state index in [0.29, 0.717) is 29.2 Å². The second-order valence-electron chi connectivity index (χ2n) is 9.75. The summed E-state index contributed by atoms with van der Waals surface area (Å²) in [5.41, 5.74) is 0.869. The average Bonchev–Trinajstić information content (AvgIpc) is 3.26. The molecule has 1 aliphatic heterocycles. The van der Waals surface area contributed by atoms with Crippen LogP contribution in [0.25, 0.3) is 5.76 Å². The zero-order chi connectivity index (χ0) is 30.0. The molecule has 1 amide bonds. The SMILES string of the molecule is COc1cccc(C2/C(=C(\O)c3ccc(OCc4ccccc4)c(C)c3)C(=O)C(=O)N2c2cccc(C(F)(F)F)c2)c1. The Morgan fingerprint density at radius 2 is 1.64 bits per heavy atom. The van der Waals surface area contributed by atoms with E-state index in [1.54, 1.807) is 49.4 Å². The first-order chi connectivity index (χ1) is 20.1. The van der Waals surface area contributed by atoms with Gasteiger partial charge < -0.3 is 14.6 Å². The number of benzene rings is 4. The lowest BCUT2D eigenvalue weighted by molar-refractivity contribution is -0.137. The molecule has 0 radical (unpaired) electrons. The number of anilines is 1. The second kappa shape index (κ2) is 11.4. The second-order valence-corrected chi connectivity index (χ2v) is 9.75. The number of ether oxygens (including phenoxy) is 2. The standard InChI is InChI=1S/C33H26F3NO5/c1-20-16-23(14-15-27(20)42-19-21-8-4-3-5-9-21)30(38)28-29(22-10-6-13-26(17-22)41-2)37(32(40)31(28)39)25-12-7-11-24(18-25)33(34,35)36/h3-18,29,38H,19H2,1-2H3/b30-28+. The highest BCUT2D eigenvalue weighted by atomic mass is 19.4. The van der Waals surface area contributed by atoms with Gasteiger partial charge in [0.1, 0.15) is 23.9 Å². The first-order valence-corrected chi connectivity index (χ1v) is 13.0. The maximum absolute atomic E-state index is 13.5. The molecule has 4 aromatic rings. The van der Waals surface area contributed by atoms with Gasteiger partial charge in [-0.3, -0.25) is 14.5 Å². The van der Waals surface area contributed by atoms with Gasteiger partial charge in [-0.15, -0.1) is 0 Å². The number of ketones is 1. The topological polar surface area (TPSA) is 76.1 Å². The summed E-state index contributed by atoms with van der Waals surface area (Å²) in [4.78, 5) is 27.8. The molecular weight excluding hydrogens is 547 g/mol. The van der Waals surface area contributed by atoms with Crippen molar-refractivity contribution in [2.75, 3.05) is 12.0 Å². The summed E-state index contributed by atoms with van der Waals surface area (Å²) in [5.74, 6) is -1.60. The number of aliphatic hydroxyl groups is 1. The minimum Gasteiger partial charge on any atom is -0.507 e. The third kappa shape index (κ3) is 5.58. The molecule has 0 spiro atoms. The van der Waals surface area contributed by atoms with Crippen molar-refractivity contribution in [1.82, 2.24) is 0 Å². The van der Waals surface area contributed by atoms with Crippen LogP contribution in [0.15, 0.2) is 103 Å². The Morgan fingerprint density at radius 3 is 2.33 bits per heavy atom. The van der Waals surface area contributed by atoms with Crippen molar-refractivity contribution >= 4 is 23.1 Å². The predicted octanol–water partition coefficient (Wildman–Crippen LogP) is 7.23.